The molecule has 0 amide bonds. The van der Waals surface area contributed by atoms with Crippen LogP contribution in [0.4, 0.5) is 4.39 Å². The molecule has 0 heterocycles. The van der Waals surface area contributed by atoms with Crippen molar-refractivity contribution in [1.29, 1.82) is 0 Å². The van der Waals surface area contributed by atoms with Crippen molar-refractivity contribution in [1.82, 2.24) is 4.90 Å². The predicted molar refractivity (Wildman–Crippen MR) is 73.6 cm³/mol. The van der Waals surface area contributed by atoms with Crippen LogP contribution in [-0.4, -0.2) is 28.1 Å². The largest absolute Gasteiger partial charge is 0.481 e. The molecule has 0 radical (unpaired) electrons. The summed E-state index contributed by atoms with van der Waals surface area (Å²) in [4.78, 5) is 12.7. The molecule has 0 aliphatic heterocycles. The van der Waals surface area contributed by atoms with Crippen LogP contribution in [0.5, 0.6) is 0 Å². The van der Waals surface area contributed by atoms with Gasteiger partial charge in [-0.15, -0.1) is 0 Å². The third-order valence-corrected chi connectivity index (χ3v) is 3.15. The smallest absolute Gasteiger partial charge is 0.304 e. The first-order valence-corrected chi connectivity index (χ1v) is 6.42. The SMILES string of the molecule is Cc1ccc(CN(CCC(=O)O)C(C)(C)C)cc1F. The average Bonchev–Trinajstić information content (AvgIpc) is 2.27. The van der Waals surface area contributed by atoms with Gasteiger partial charge in [0.05, 0.1) is 6.42 Å². The number of nitrogens with zero attached hydrogens (tertiary/aromatic N) is 1. The molecule has 0 fully saturated rings. The van der Waals surface area contributed by atoms with Gasteiger partial charge in [0.1, 0.15) is 5.82 Å². The Balaban J connectivity index is 2.81. The van der Waals surface area contributed by atoms with Crippen LogP contribution in [0.15, 0.2) is 18.2 Å². The van der Waals surface area contributed by atoms with E-state index >= 15 is 0 Å². The molecular weight excluding hydrogens is 245 g/mol. The number of rotatable bonds is 5. The number of carboxylic acids is 1. The lowest BCUT2D eigenvalue weighted by atomic mass is 10.0. The minimum atomic E-state index is -0.815. The lowest BCUT2D eigenvalue weighted by Gasteiger charge is -2.35. The Morgan fingerprint density at radius 1 is 1.37 bits per heavy atom. The molecule has 0 aliphatic carbocycles. The second kappa shape index (κ2) is 6.15. The van der Waals surface area contributed by atoms with Crippen LogP contribution in [0, 0.1) is 12.7 Å². The van der Waals surface area contributed by atoms with E-state index in [2.05, 4.69) is 0 Å². The minimum absolute atomic E-state index is 0.0889. The number of carbonyl (C=O) groups is 1. The molecule has 1 rings (SSSR count). The summed E-state index contributed by atoms with van der Waals surface area (Å²) in [5.74, 6) is -1.03. The monoisotopic (exact) mass is 267 g/mol. The van der Waals surface area contributed by atoms with Gasteiger partial charge in [-0.05, 0) is 44.9 Å². The Morgan fingerprint density at radius 2 is 2.00 bits per heavy atom. The third kappa shape index (κ3) is 4.99. The number of halogens is 1. The summed E-state index contributed by atoms with van der Waals surface area (Å²) in [6.45, 7) is 8.81. The summed E-state index contributed by atoms with van der Waals surface area (Å²) in [6, 6.07) is 5.16. The highest BCUT2D eigenvalue weighted by Gasteiger charge is 2.22. The number of carboxylic acid groups (broad SMARTS) is 1. The van der Waals surface area contributed by atoms with Crippen molar-refractivity contribution in [2.45, 2.75) is 46.2 Å². The molecule has 1 aromatic rings. The molecule has 0 atom stereocenters. The van der Waals surface area contributed by atoms with Gasteiger partial charge < -0.3 is 5.11 Å². The highest BCUT2D eigenvalue weighted by atomic mass is 19.1. The molecule has 106 valence electrons. The Kier molecular flexibility index (Phi) is 5.06. The van der Waals surface area contributed by atoms with E-state index in [9.17, 15) is 9.18 Å². The highest BCUT2D eigenvalue weighted by molar-refractivity contribution is 5.66. The van der Waals surface area contributed by atoms with E-state index in [1.165, 1.54) is 6.07 Å². The van der Waals surface area contributed by atoms with Gasteiger partial charge in [-0.2, -0.15) is 0 Å². The van der Waals surface area contributed by atoms with E-state index in [0.717, 1.165) is 5.56 Å². The van der Waals surface area contributed by atoms with E-state index < -0.39 is 5.97 Å². The predicted octanol–water partition coefficient (Wildman–Crippen LogP) is 3.21. The van der Waals surface area contributed by atoms with Gasteiger partial charge in [-0.25, -0.2) is 4.39 Å². The van der Waals surface area contributed by atoms with Crippen molar-refractivity contribution >= 4 is 5.97 Å². The Hall–Kier alpha value is -1.42. The van der Waals surface area contributed by atoms with E-state index in [1.807, 2.05) is 31.7 Å². The first-order chi connectivity index (χ1) is 8.70. The van der Waals surface area contributed by atoms with Crippen molar-refractivity contribution in [3.8, 4) is 0 Å². The van der Waals surface area contributed by atoms with Crippen LogP contribution in [0.1, 0.15) is 38.3 Å². The summed E-state index contributed by atoms with van der Waals surface area (Å²) in [6.07, 6.45) is 0.0889. The molecule has 0 bridgehead atoms. The van der Waals surface area contributed by atoms with Crippen LogP contribution in [0.3, 0.4) is 0 Å². The second-order valence-corrected chi connectivity index (χ2v) is 5.82. The molecular formula is C15H22FNO2. The lowest BCUT2D eigenvalue weighted by Crippen LogP contribution is -2.42. The number of hydrogen-bond acceptors (Lipinski definition) is 2. The minimum Gasteiger partial charge on any atom is -0.481 e. The fourth-order valence-electron chi connectivity index (χ4n) is 1.84. The molecule has 4 heteroatoms. The van der Waals surface area contributed by atoms with Crippen LogP contribution in [0.2, 0.25) is 0 Å². The van der Waals surface area contributed by atoms with Gasteiger partial charge in [-0.1, -0.05) is 12.1 Å². The van der Waals surface area contributed by atoms with Crippen LogP contribution in [-0.2, 0) is 11.3 Å². The van der Waals surface area contributed by atoms with Crippen molar-refractivity contribution in [3.63, 3.8) is 0 Å². The van der Waals surface area contributed by atoms with E-state index in [1.54, 1.807) is 13.0 Å². The van der Waals surface area contributed by atoms with Crippen molar-refractivity contribution in [3.05, 3.63) is 35.1 Å². The molecule has 0 aromatic heterocycles. The zero-order chi connectivity index (χ0) is 14.6. The maximum absolute atomic E-state index is 13.5. The molecule has 1 aromatic carbocycles. The first kappa shape index (κ1) is 15.6. The van der Waals surface area contributed by atoms with Crippen molar-refractivity contribution < 1.29 is 14.3 Å². The topological polar surface area (TPSA) is 40.5 Å². The Bertz CT molecular complexity index is 452. The molecule has 3 nitrogen and oxygen atoms in total. The fraction of sp³-hybridized carbons (Fsp3) is 0.533. The Labute approximate surface area is 114 Å². The zero-order valence-electron chi connectivity index (χ0n) is 12.0. The van der Waals surface area contributed by atoms with Crippen LogP contribution in [0.25, 0.3) is 0 Å². The molecule has 19 heavy (non-hydrogen) atoms. The van der Waals surface area contributed by atoms with Gasteiger partial charge in [0, 0.05) is 18.6 Å². The van der Waals surface area contributed by atoms with E-state index in [4.69, 9.17) is 5.11 Å². The van der Waals surface area contributed by atoms with E-state index in [0.29, 0.717) is 18.7 Å². The van der Waals surface area contributed by atoms with E-state index in [-0.39, 0.29) is 17.8 Å². The second-order valence-electron chi connectivity index (χ2n) is 5.82. The lowest BCUT2D eigenvalue weighted by molar-refractivity contribution is -0.137. The van der Waals surface area contributed by atoms with Gasteiger partial charge >= 0.3 is 5.97 Å². The normalized spacial score (nSPS) is 11.9. The van der Waals surface area contributed by atoms with Gasteiger partial charge in [0.25, 0.3) is 0 Å². The van der Waals surface area contributed by atoms with Crippen LogP contribution < -0.4 is 0 Å². The summed E-state index contributed by atoms with van der Waals surface area (Å²) < 4.78 is 13.5. The molecule has 0 aliphatic rings. The number of aryl methyl sites for hydroxylation is 1. The maximum atomic E-state index is 13.5. The molecule has 1 N–H and O–H groups in total. The summed E-state index contributed by atoms with van der Waals surface area (Å²) >= 11 is 0. The molecule has 0 spiro atoms. The quantitative estimate of drug-likeness (QED) is 0.890. The number of benzene rings is 1. The fourth-order valence-corrected chi connectivity index (χ4v) is 1.84. The summed E-state index contributed by atoms with van der Waals surface area (Å²) in [7, 11) is 0. The van der Waals surface area contributed by atoms with Gasteiger partial charge in [0.2, 0.25) is 0 Å². The number of aliphatic carboxylic acids is 1. The first-order valence-electron chi connectivity index (χ1n) is 6.42. The zero-order valence-corrected chi connectivity index (χ0v) is 12.0. The van der Waals surface area contributed by atoms with Crippen LogP contribution >= 0.6 is 0 Å². The van der Waals surface area contributed by atoms with Gasteiger partial charge in [-0.3, -0.25) is 9.69 Å². The standard InChI is InChI=1S/C15H22FNO2/c1-11-5-6-12(9-13(11)16)10-17(15(2,3)4)8-7-14(18)19/h5-6,9H,7-8,10H2,1-4H3,(H,18,19). The third-order valence-electron chi connectivity index (χ3n) is 3.15. The number of hydrogen-bond donors (Lipinski definition) is 1. The Morgan fingerprint density at radius 3 is 2.47 bits per heavy atom. The average molecular weight is 267 g/mol. The molecule has 0 saturated carbocycles. The van der Waals surface area contributed by atoms with Gasteiger partial charge in [0.15, 0.2) is 0 Å². The summed E-state index contributed by atoms with van der Waals surface area (Å²) in [5, 5.41) is 8.79. The van der Waals surface area contributed by atoms with Crippen molar-refractivity contribution in [2.75, 3.05) is 6.54 Å². The molecule has 0 saturated heterocycles. The maximum Gasteiger partial charge on any atom is 0.304 e. The highest BCUT2D eigenvalue weighted by Crippen LogP contribution is 2.19. The summed E-state index contributed by atoms with van der Waals surface area (Å²) in [5.41, 5.74) is 1.33. The van der Waals surface area contributed by atoms with Crippen molar-refractivity contribution in [2.24, 2.45) is 0 Å². The molecule has 0 unspecified atom stereocenters.